The lowest BCUT2D eigenvalue weighted by atomic mass is 9.86. The number of carbonyl (C=O) groups is 2. The third-order valence-electron chi connectivity index (χ3n) is 6.43. The number of hydrogen-bond acceptors (Lipinski definition) is 2. The first-order valence-corrected chi connectivity index (χ1v) is 11.7. The molecule has 1 fully saturated rings. The summed E-state index contributed by atoms with van der Waals surface area (Å²) < 4.78 is 0. The molecule has 3 rings (SSSR count). The summed E-state index contributed by atoms with van der Waals surface area (Å²) in [5.74, 6) is 0.250. The van der Waals surface area contributed by atoms with Gasteiger partial charge in [0.05, 0.1) is 26.2 Å². The van der Waals surface area contributed by atoms with Gasteiger partial charge in [0, 0.05) is 12.1 Å². The van der Waals surface area contributed by atoms with Gasteiger partial charge in [0.15, 0.2) is 6.54 Å². The molecule has 5 nitrogen and oxygen atoms in total. The first kappa shape index (κ1) is 24.0. The largest absolute Gasteiger partial charge is 0.331 e. The van der Waals surface area contributed by atoms with Crippen molar-refractivity contribution in [2.24, 2.45) is 0 Å². The molecule has 2 aromatic rings. The van der Waals surface area contributed by atoms with Crippen molar-refractivity contribution >= 4 is 17.5 Å². The lowest BCUT2D eigenvalue weighted by Crippen LogP contribution is -3.15. The van der Waals surface area contributed by atoms with Crippen LogP contribution in [0, 0.1) is 13.8 Å². The molecule has 0 atom stereocenters. The molecule has 1 aliphatic heterocycles. The zero-order valence-corrected chi connectivity index (χ0v) is 20.3. The average Bonchev–Trinajstić information content (AvgIpc) is 2.75. The molecule has 2 N–H and O–H groups in total. The normalized spacial score (nSPS) is 15.0. The van der Waals surface area contributed by atoms with E-state index < -0.39 is 0 Å². The molecule has 0 saturated carbocycles. The molecule has 5 heteroatoms. The Balaban J connectivity index is 1.42. The van der Waals surface area contributed by atoms with Crippen molar-refractivity contribution in [2.75, 3.05) is 38.0 Å². The number of amides is 2. The van der Waals surface area contributed by atoms with E-state index >= 15 is 0 Å². The van der Waals surface area contributed by atoms with Gasteiger partial charge in [-0.2, -0.15) is 0 Å². The number of anilines is 1. The predicted octanol–water partition coefficient (Wildman–Crippen LogP) is 2.90. The van der Waals surface area contributed by atoms with Crippen LogP contribution in [-0.4, -0.2) is 49.4 Å². The van der Waals surface area contributed by atoms with Gasteiger partial charge in [-0.15, -0.1) is 0 Å². The van der Waals surface area contributed by atoms with E-state index in [0.717, 1.165) is 36.3 Å². The summed E-state index contributed by atoms with van der Waals surface area (Å²) in [5, 5.41) is 3.07. The second-order valence-electron chi connectivity index (χ2n) is 10.1. The molecule has 0 radical (unpaired) electrons. The summed E-state index contributed by atoms with van der Waals surface area (Å²) in [6, 6.07) is 14.7. The van der Waals surface area contributed by atoms with Gasteiger partial charge in [0.1, 0.15) is 0 Å². The second-order valence-corrected chi connectivity index (χ2v) is 10.1. The summed E-state index contributed by atoms with van der Waals surface area (Å²) in [6.07, 6.45) is 1.31. The van der Waals surface area contributed by atoms with Crippen molar-refractivity contribution in [1.29, 1.82) is 0 Å². The smallest absolute Gasteiger partial charge is 0.279 e. The van der Waals surface area contributed by atoms with Gasteiger partial charge in [-0.1, -0.05) is 63.2 Å². The Labute approximate surface area is 192 Å². The second kappa shape index (κ2) is 10.3. The number of hydrogen-bond donors (Lipinski definition) is 2. The summed E-state index contributed by atoms with van der Waals surface area (Å²) in [7, 11) is 0. The van der Waals surface area contributed by atoms with Crippen LogP contribution in [0.2, 0.25) is 0 Å². The van der Waals surface area contributed by atoms with Crippen molar-refractivity contribution < 1.29 is 14.5 Å². The molecule has 1 heterocycles. The third-order valence-corrected chi connectivity index (χ3v) is 6.43. The average molecular weight is 437 g/mol. The highest BCUT2D eigenvalue weighted by atomic mass is 16.2. The maximum atomic E-state index is 12.7. The standard InChI is InChI=1S/C27H37N3O2/c1-20-7-6-8-21(2)26(20)28-24(31)19-29-15-17-30(18-16-29)25(32)14-11-22-9-12-23(13-10-22)27(3,4)5/h6-10,12-13H,11,14-19H2,1-5H3,(H,28,31)/p+1. The SMILES string of the molecule is Cc1cccc(C)c1NC(=O)C[NH+]1CCN(C(=O)CCc2ccc(C(C)(C)C)cc2)CC1. The molecule has 1 aliphatic rings. The number of rotatable bonds is 6. The van der Waals surface area contributed by atoms with Gasteiger partial charge in [0.2, 0.25) is 5.91 Å². The van der Waals surface area contributed by atoms with Crippen molar-refractivity contribution in [3.05, 3.63) is 64.7 Å². The van der Waals surface area contributed by atoms with Crippen LogP contribution in [-0.2, 0) is 21.4 Å². The molecular weight excluding hydrogens is 398 g/mol. The Morgan fingerprint density at radius 1 is 0.969 bits per heavy atom. The van der Waals surface area contributed by atoms with Crippen molar-refractivity contribution in [3.63, 3.8) is 0 Å². The summed E-state index contributed by atoms with van der Waals surface area (Å²) in [6.45, 7) is 14.1. The lowest BCUT2D eigenvalue weighted by Gasteiger charge is -2.32. The zero-order chi connectivity index (χ0) is 23.3. The monoisotopic (exact) mass is 436 g/mol. The van der Waals surface area contributed by atoms with Gasteiger partial charge >= 0.3 is 0 Å². The number of benzene rings is 2. The number of para-hydroxylation sites is 1. The van der Waals surface area contributed by atoms with Crippen LogP contribution in [0.15, 0.2) is 42.5 Å². The zero-order valence-electron chi connectivity index (χ0n) is 20.3. The van der Waals surface area contributed by atoms with Crippen molar-refractivity contribution in [3.8, 4) is 0 Å². The molecule has 172 valence electrons. The fraction of sp³-hybridized carbons (Fsp3) is 0.481. The predicted molar refractivity (Wildman–Crippen MR) is 130 cm³/mol. The molecule has 2 amide bonds. The maximum Gasteiger partial charge on any atom is 0.279 e. The highest BCUT2D eigenvalue weighted by Crippen LogP contribution is 2.22. The minimum atomic E-state index is 0.0379. The number of piperazine rings is 1. The van der Waals surface area contributed by atoms with Crippen LogP contribution in [0.1, 0.15) is 49.4 Å². The first-order valence-electron chi connectivity index (χ1n) is 11.7. The third kappa shape index (κ3) is 6.42. The summed E-state index contributed by atoms with van der Waals surface area (Å²) in [5.41, 5.74) is 5.74. The van der Waals surface area contributed by atoms with E-state index in [9.17, 15) is 9.59 Å². The van der Waals surface area contributed by atoms with E-state index in [1.54, 1.807) is 0 Å². The van der Waals surface area contributed by atoms with Crippen LogP contribution in [0.25, 0.3) is 0 Å². The molecule has 0 spiro atoms. The van der Waals surface area contributed by atoms with Crippen molar-refractivity contribution in [1.82, 2.24) is 4.90 Å². The van der Waals surface area contributed by atoms with E-state index in [4.69, 9.17) is 0 Å². The van der Waals surface area contributed by atoms with Crippen LogP contribution in [0.4, 0.5) is 5.69 Å². The Kier molecular flexibility index (Phi) is 7.73. The molecule has 0 aromatic heterocycles. The Bertz CT molecular complexity index is 916. The number of aryl methyl sites for hydroxylation is 3. The molecule has 0 unspecified atom stereocenters. The van der Waals surface area contributed by atoms with E-state index in [2.05, 4.69) is 50.4 Å². The molecule has 2 aromatic carbocycles. The number of nitrogens with one attached hydrogen (secondary N) is 2. The molecule has 0 aliphatic carbocycles. The highest BCUT2D eigenvalue weighted by molar-refractivity contribution is 5.93. The molecular formula is C27H38N3O2+. The van der Waals surface area contributed by atoms with Crippen molar-refractivity contribution in [2.45, 2.75) is 52.9 Å². The minimum absolute atomic E-state index is 0.0379. The van der Waals surface area contributed by atoms with Crippen LogP contribution in [0.3, 0.4) is 0 Å². The molecule has 0 bridgehead atoms. The van der Waals surface area contributed by atoms with Gasteiger partial charge in [0.25, 0.3) is 5.91 Å². The minimum Gasteiger partial charge on any atom is -0.331 e. The van der Waals surface area contributed by atoms with Crippen LogP contribution < -0.4 is 10.2 Å². The van der Waals surface area contributed by atoms with E-state index in [1.165, 1.54) is 16.0 Å². The quantitative estimate of drug-likeness (QED) is 0.732. The Morgan fingerprint density at radius 2 is 1.56 bits per heavy atom. The van der Waals surface area contributed by atoms with Gasteiger partial charge in [-0.05, 0) is 47.9 Å². The van der Waals surface area contributed by atoms with Gasteiger partial charge < -0.3 is 15.1 Å². The van der Waals surface area contributed by atoms with E-state index in [0.29, 0.717) is 26.1 Å². The van der Waals surface area contributed by atoms with Crippen LogP contribution >= 0.6 is 0 Å². The fourth-order valence-corrected chi connectivity index (χ4v) is 4.25. The number of nitrogens with zero attached hydrogens (tertiary/aromatic N) is 1. The summed E-state index contributed by atoms with van der Waals surface area (Å²) in [4.78, 5) is 28.4. The summed E-state index contributed by atoms with van der Waals surface area (Å²) >= 11 is 0. The topological polar surface area (TPSA) is 53.9 Å². The first-order chi connectivity index (χ1) is 15.1. The van der Waals surface area contributed by atoms with E-state index in [-0.39, 0.29) is 17.2 Å². The van der Waals surface area contributed by atoms with Gasteiger partial charge in [-0.25, -0.2) is 0 Å². The Morgan fingerprint density at radius 3 is 2.12 bits per heavy atom. The molecule has 32 heavy (non-hydrogen) atoms. The molecule has 1 saturated heterocycles. The van der Waals surface area contributed by atoms with Gasteiger partial charge in [-0.3, -0.25) is 9.59 Å². The van der Waals surface area contributed by atoms with E-state index in [1.807, 2.05) is 36.9 Å². The van der Waals surface area contributed by atoms with Crippen LogP contribution in [0.5, 0.6) is 0 Å². The maximum absolute atomic E-state index is 12.7. The lowest BCUT2D eigenvalue weighted by molar-refractivity contribution is -0.895. The Hall–Kier alpha value is -2.66. The highest BCUT2D eigenvalue weighted by Gasteiger charge is 2.25. The number of carbonyl (C=O) groups excluding carboxylic acids is 2. The fourth-order valence-electron chi connectivity index (χ4n) is 4.25. The number of quaternary nitrogens is 1.